The first kappa shape index (κ1) is 13.0. The second-order valence-electron chi connectivity index (χ2n) is 3.08. The lowest BCUT2D eigenvalue weighted by atomic mass is 10.1. The van der Waals surface area contributed by atoms with Crippen molar-refractivity contribution >= 4 is 5.91 Å². The zero-order chi connectivity index (χ0) is 13.1. The predicted octanol–water partition coefficient (Wildman–Crippen LogP) is 2.21. The number of rotatable bonds is 2. The van der Waals surface area contributed by atoms with E-state index in [1.807, 2.05) is 0 Å². The Balaban J connectivity index is 2.98. The second kappa shape index (κ2) is 4.87. The minimum Gasteiger partial charge on any atom is -0.341 e. The zero-order valence-electron chi connectivity index (χ0n) is 8.44. The number of nitrogens with one attached hydrogen (secondary N) is 1. The van der Waals surface area contributed by atoms with Gasteiger partial charge >= 0.3 is 6.18 Å². The van der Waals surface area contributed by atoms with Crippen LogP contribution in [-0.4, -0.2) is 12.5 Å². The molecule has 0 aliphatic carbocycles. The maximum absolute atomic E-state index is 13.1. The van der Waals surface area contributed by atoms with Crippen LogP contribution in [0.25, 0.3) is 0 Å². The van der Waals surface area contributed by atoms with Gasteiger partial charge in [-0.25, -0.2) is 4.39 Å². The van der Waals surface area contributed by atoms with E-state index >= 15 is 0 Å². The van der Waals surface area contributed by atoms with Crippen LogP contribution in [0.3, 0.4) is 0 Å². The number of amides is 1. The fourth-order valence-corrected chi connectivity index (χ4v) is 1.12. The molecule has 0 bridgehead atoms. The number of terminal acetylenes is 1. The predicted molar refractivity (Wildman–Crippen MR) is 52.6 cm³/mol. The van der Waals surface area contributed by atoms with Crippen molar-refractivity contribution in [2.24, 2.45) is 0 Å². The molecular formula is C11H7F4NO. The highest BCUT2D eigenvalue weighted by molar-refractivity contribution is 5.94. The first-order valence-electron chi connectivity index (χ1n) is 4.44. The second-order valence-corrected chi connectivity index (χ2v) is 3.08. The van der Waals surface area contributed by atoms with Gasteiger partial charge < -0.3 is 5.32 Å². The van der Waals surface area contributed by atoms with Crippen molar-refractivity contribution in [3.05, 3.63) is 35.1 Å². The molecule has 1 amide bonds. The van der Waals surface area contributed by atoms with E-state index in [1.165, 1.54) is 0 Å². The van der Waals surface area contributed by atoms with Crippen molar-refractivity contribution in [1.29, 1.82) is 0 Å². The van der Waals surface area contributed by atoms with Gasteiger partial charge in [0.15, 0.2) is 0 Å². The molecule has 0 radical (unpaired) electrons. The first-order valence-corrected chi connectivity index (χ1v) is 4.44. The molecule has 1 aromatic carbocycles. The molecule has 0 atom stereocenters. The highest BCUT2D eigenvalue weighted by Gasteiger charge is 2.34. The summed E-state index contributed by atoms with van der Waals surface area (Å²) in [6.45, 7) is -0.0819. The van der Waals surface area contributed by atoms with Gasteiger partial charge in [0.25, 0.3) is 5.91 Å². The van der Waals surface area contributed by atoms with Crippen LogP contribution in [0.15, 0.2) is 18.2 Å². The van der Waals surface area contributed by atoms with Gasteiger partial charge in [-0.15, -0.1) is 6.42 Å². The minimum atomic E-state index is -4.78. The van der Waals surface area contributed by atoms with E-state index in [2.05, 4.69) is 11.2 Å². The average molecular weight is 245 g/mol. The van der Waals surface area contributed by atoms with Crippen LogP contribution in [0.4, 0.5) is 17.6 Å². The molecule has 0 saturated carbocycles. The molecule has 0 aliphatic rings. The molecule has 17 heavy (non-hydrogen) atoms. The third kappa shape index (κ3) is 3.21. The number of benzene rings is 1. The number of hydrogen-bond donors (Lipinski definition) is 1. The molecule has 0 heterocycles. The van der Waals surface area contributed by atoms with Crippen LogP contribution in [-0.2, 0) is 6.18 Å². The monoisotopic (exact) mass is 245 g/mol. The Morgan fingerprint density at radius 3 is 2.53 bits per heavy atom. The largest absolute Gasteiger partial charge is 0.419 e. The van der Waals surface area contributed by atoms with Gasteiger partial charge in [-0.2, -0.15) is 13.2 Å². The van der Waals surface area contributed by atoms with Crippen molar-refractivity contribution < 1.29 is 22.4 Å². The number of alkyl halides is 3. The number of carbonyl (C=O) groups is 1. The van der Waals surface area contributed by atoms with E-state index < -0.39 is 23.5 Å². The van der Waals surface area contributed by atoms with Crippen molar-refractivity contribution in [3.63, 3.8) is 0 Å². The van der Waals surface area contributed by atoms with E-state index in [-0.39, 0.29) is 12.1 Å². The molecule has 0 fully saturated rings. The lowest BCUT2D eigenvalue weighted by Crippen LogP contribution is -2.24. The number of halogens is 4. The Labute approximate surface area is 94.6 Å². The van der Waals surface area contributed by atoms with Crippen LogP contribution in [0.1, 0.15) is 15.9 Å². The van der Waals surface area contributed by atoms with Crippen LogP contribution < -0.4 is 5.32 Å². The summed E-state index contributed by atoms with van der Waals surface area (Å²) in [6, 6.07) is 1.92. The van der Waals surface area contributed by atoms with Gasteiger partial charge in [0.2, 0.25) is 0 Å². The third-order valence-corrected chi connectivity index (χ3v) is 1.89. The highest BCUT2D eigenvalue weighted by atomic mass is 19.4. The summed E-state index contributed by atoms with van der Waals surface area (Å²) >= 11 is 0. The molecule has 0 unspecified atom stereocenters. The Morgan fingerprint density at radius 2 is 2.06 bits per heavy atom. The summed E-state index contributed by atoms with van der Waals surface area (Å²) in [4.78, 5) is 11.3. The molecule has 1 rings (SSSR count). The van der Waals surface area contributed by atoms with Crippen LogP contribution in [0.2, 0.25) is 0 Å². The summed E-state index contributed by atoms with van der Waals surface area (Å²) in [6.07, 6.45) is 0.0986. The van der Waals surface area contributed by atoms with Gasteiger partial charge in [0, 0.05) is 5.56 Å². The molecule has 1 aromatic rings. The molecule has 0 saturated heterocycles. The average Bonchev–Trinajstić information content (AvgIpc) is 2.23. The maximum atomic E-state index is 13.1. The quantitative estimate of drug-likeness (QED) is 0.628. The minimum absolute atomic E-state index is 0.0819. The topological polar surface area (TPSA) is 29.1 Å². The summed E-state index contributed by atoms with van der Waals surface area (Å²) in [5.41, 5.74) is -1.63. The van der Waals surface area contributed by atoms with Gasteiger partial charge in [-0.3, -0.25) is 4.79 Å². The lowest BCUT2D eigenvalue weighted by molar-refractivity contribution is -0.140. The van der Waals surface area contributed by atoms with Gasteiger partial charge in [-0.1, -0.05) is 5.92 Å². The Kier molecular flexibility index (Phi) is 3.73. The molecular weight excluding hydrogens is 238 g/mol. The zero-order valence-corrected chi connectivity index (χ0v) is 8.44. The lowest BCUT2D eigenvalue weighted by Gasteiger charge is -2.09. The molecule has 0 aromatic heterocycles. The van der Waals surface area contributed by atoms with E-state index in [9.17, 15) is 22.4 Å². The number of hydrogen-bond acceptors (Lipinski definition) is 1. The Hall–Kier alpha value is -2.03. The van der Waals surface area contributed by atoms with Crippen LogP contribution >= 0.6 is 0 Å². The maximum Gasteiger partial charge on any atom is 0.419 e. The molecule has 0 aliphatic heterocycles. The standard InChI is InChI=1S/C11H7F4NO/c1-2-5-16-10(17)7-3-4-8(9(12)6-7)11(13,14)15/h1,3-4,6H,5H2,(H,16,17). The fraction of sp³-hybridized carbons (Fsp3) is 0.182. The van der Waals surface area contributed by atoms with E-state index in [1.54, 1.807) is 0 Å². The Morgan fingerprint density at radius 1 is 1.41 bits per heavy atom. The van der Waals surface area contributed by atoms with E-state index in [0.29, 0.717) is 12.1 Å². The molecule has 90 valence electrons. The van der Waals surface area contributed by atoms with Gasteiger partial charge in [0.1, 0.15) is 5.82 Å². The third-order valence-electron chi connectivity index (χ3n) is 1.89. The highest BCUT2D eigenvalue weighted by Crippen LogP contribution is 2.31. The summed E-state index contributed by atoms with van der Waals surface area (Å²) in [5, 5.41) is 2.21. The molecule has 6 heteroatoms. The SMILES string of the molecule is C#CCNC(=O)c1ccc(C(F)(F)F)c(F)c1. The van der Waals surface area contributed by atoms with Crippen molar-refractivity contribution in [2.45, 2.75) is 6.18 Å². The molecule has 0 spiro atoms. The van der Waals surface area contributed by atoms with E-state index in [0.717, 1.165) is 6.07 Å². The van der Waals surface area contributed by atoms with Crippen molar-refractivity contribution in [3.8, 4) is 12.3 Å². The van der Waals surface area contributed by atoms with Crippen LogP contribution in [0.5, 0.6) is 0 Å². The van der Waals surface area contributed by atoms with Crippen LogP contribution in [0, 0.1) is 18.2 Å². The van der Waals surface area contributed by atoms with E-state index in [4.69, 9.17) is 6.42 Å². The molecule has 2 nitrogen and oxygen atoms in total. The first-order chi connectivity index (χ1) is 7.86. The number of carbonyl (C=O) groups excluding carboxylic acids is 1. The van der Waals surface area contributed by atoms with Gasteiger partial charge in [0.05, 0.1) is 12.1 Å². The van der Waals surface area contributed by atoms with Crippen molar-refractivity contribution in [2.75, 3.05) is 6.54 Å². The molecule has 1 N–H and O–H groups in total. The van der Waals surface area contributed by atoms with Crippen molar-refractivity contribution in [1.82, 2.24) is 5.32 Å². The fourth-order valence-electron chi connectivity index (χ4n) is 1.12. The van der Waals surface area contributed by atoms with Gasteiger partial charge in [-0.05, 0) is 18.2 Å². The summed E-state index contributed by atoms with van der Waals surface area (Å²) in [7, 11) is 0. The Bertz CT molecular complexity index is 473. The normalized spacial score (nSPS) is 10.8. The summed E-state index contributed by atoms with van der Waals surface area (Å²) < 4.78 is 49.7. The summed E-state index contributed by atoms with van der Waals surface area (Å²) in [5.74, 6) is -0.108. The smallest absolute Gasteiger partial charge is 0.341 e.